The van der Waals surface area contributed by atoms with Crippen molar-refractivity contribution in [2.24, 2.45) is 0 Å². The molecule has 1 amide bonds. The maximum atomic E-state index is 12.1. The Morgan fingerprint density at radius 1 is 1.00 bits per heavy atom. The summed E-state index contributed by atoms with van der Waals surface area (Å²) in [6.07, 6.45) is 2.13. The summed E-state index contributed by atoms with van der Waals surface area (Å²) in [6.45, 7) is 1.49. The van der Waals surface area contributed by atoms with Gasteiger partial charge in [-0.3, -0.25) is 4.79 Å². The number of nitrogens with one attached hydrogen (secondary N) is 1. The van der Waals surface area contributed by atoms with Gasteiger partial charge in [-0.15, -0.1) is 0 Å². The highest BCUT2D eigenvalue weighted by Crippen LogP contribution is 2.23. The summed E-state index contributed by atoms with van der Waals surface area (Å²) in [5, 5.41) is 3.49. The van der Waals surface area contributed by atoms with E-state index in [0.29, 0.717) is 17.3 Å². The molecule has 30 heavy (non-hydrogen) atoms. The standard InChI is InChI=1S/C24H22ClN3O2/c25-20-8-1-4-11-23(20)30-13-12-24(29)26-15-18-6-5-7-19(14-18)16-28-17-27-21-9-2-3-10-22(21)28/h1-11,14,17H,12-13,15-16H2,(H,26,29). The first-order valence-corrected chi connectivity index (χ1v) is 10.2. The van der Waals surface area contributed by atoms with Gasteiger partial charge in [-0.05, 0) is 35.4 Å². The van der Waals surface area contributed by atoms with Gasteiger partial charge < -0.3 is 14.6 Å². The summed E-state index contributed by atoms with van der Waals surface area (Å²) in [4.78, 5) is 16.6. The molecule has 0 unspecified atom stereocenters. The molecule has 0 aliphatic heterocycles. The van der Waals surface area contributed by atoms with Gasteiger partial charge in [-0.1, -0.05) is 60.1 Å². The van der Waals surface area contributed by atoms with Gasteiger partial charge in [0.05, 0.1) is 35.4 Å². The Morgan fingerprint density at radius 3 is 2.70 bits per heavy atom. The molecule has 6 heteroatoms. The summed E-state index contributed by atoms with van der Waals surface area (Å²) >= 11 is 6.05. The smallest absolute Gasteiger partial charge is 0.223 e. The van der Waals surface area contributed by atoms with E-state index in [1.807, 2.05) is 48.8 Å². The quantitative estimate of drug-likeness (QED) is 0.445. The molecule has 4 rings (SSSR count). The van der Waals surface area contributed by atoms with Crippen LogP contribution in [-0.2, 0) is 17.9 Å². The molecular formula is C24H22ClN3O2. The molecule has 0 bridgehead atoms. The van der Waals surface area contributed by atoms with E-state index < -0.39 is 0 Å². The average molecular weight is 420 g/mol. The summed E-state index contributed by atoms with van der Waals surface area (Å²) in [5.41, 5.74) is 4.30. The summed E-state index contributed by atoms with van der Waals surface area (Å²) < 4.78 is 7.70. The Hall–Kier alpha value is -3.31. The highest BCUT2D eigenvalue weighted by molar-refractivity contribution is 6.32. The van der Waals surface area contributed by atoms with Gasteiger partial charge in [0.25, 0.3) is 0 Å². The first-order chi connectivity index (χ1) is 14.7. The minimum absolute atomic E-state index is 0.0620. The lowest BCUT2D eigenvalue weighted by Crippen LogP contribution is -2.24. The van der Waals surface area contributed by atoms with Crippen LogP contribution in [0.25, 0.3) is 11.0 Å². The molecule has 1 aromatic heterocycles. The van der Waals surface area contributed by atoms with Gasteiger partial charge in [0.15, 0.2) is 0 Å². The molecule has 0 spiro atoms. The van der Waals surface area contributed by atoms with Crippen LogP contribution in [0.3, 0.4) is 0 Å². The summed E-state index contributed by atoms with van der Waals surface area (Å²) in [6, 6.07) is 23.5. The van der Waals surface area contributed by atoms with Gasteiger partial charge in [-0.25, -0.2) is 4.98 Å². The molecule has 5 nitrogen and oxygen atoms in total. The van der Waals surface area contributed by atoms with Gasteiger partial charge in [0, 0.05) is 13.1 Å². The molecule has 0 radical (unpaired) electrons. The number of nitrogens with zero attached hydrogens (tertiary/aromatic N) is 2. The Balaban J connectivity index is 1.29. The van der Waals surface area contributed by atoms with Crippen LogP contribution < -0.4 is 10.1 Å². The van der Waals surface area contributed by atoms with Gasteiger partial charge in [-0.2, -0.15) is 0 Å². The van der Waals surface area contributed by atoms with Crippen LogP contribution in [-0.4, -0.2) is 22.1 Å². The second-order valence-electron chi connectivity index (χ2n) is 6.99. The Bertz CT molecular complexity index is 1160. The number of rotatable bonds is 8. The van der Waals surface area contributed by atoms with E-state index in [0.717, 1.165) is 28.7 Å². The molecule has 0 saturated heterocycles. The minimum atomic E-state index is -0.0620. The minimum Gasteiger partial charge on any atom is -0.491 e. The first-order valence-electron chi connectivity index (χ1n) is 9.81. The zero-order valence-electron chi connectivity index (χ0n) is 16.4. The number of fused-ring (bicyclic) bond motifs is 1. The van der Waals surface area contributed by atoms with Gasteiger partial charge in [0.2, 0.25) is 5.91 Å². The van der Waals surface area contributed by atoms with Crippen molar-refractivity contribution in [1.29, 1.82) is 0 Å². The number of benzene rings is 3. The van der Waals surface area contributed by atoms with Crippen LogP contribution >= 0.6 is 11.6 Å². The maximum absolute atomic E-state index is 12.1. The molecule has 1 N–H and O–H groups in total. The largest absolute Gasteiger partial charge is 0.491 e. The zero-order valence-corrected chi connectivity index (χ0v) is 17.2. The predicted octanol–water partition coefficient (Wildman–Crippen LogP) is 4.82. The van der Waals surface area contributed by atoms with Crippen molar-refractivity contribution in [1.82, 2.24) is 14.9 Å². The van der Waals surface area contributed by atoms with Crippen LogP contribution in [0.4, 0.5) is 0 Å². The topological polar surface area (TPSA) is 56.1 Å². The number of hydrogen-bond donors (Lipinski definition) is 1. The average Bonchev–Trinajstić information content (AvgIpc) is 3.17. The van der Waals surface area contributed by atoms with Gasteiger partial charge >= 0.3 is 0 Å². The van der Waals surface area contributed by atoms with Crippen LogP contribution in [0.15, 0.2) is 79.1 Å². The fraction of sp³-hybridized carbons (Fsp3) is 0.167. The molecule has 3 aromatic carbocycles. The Labute approximate surface area is 180 Å². The number of halogens is 1. The summed E-state index contributed by atoms with van der Waals surface area (Å²) in [5.74, 6) is 0.528. The number of aromatic nitrogens is 2. The van der Waals surface area contributed by atoms with Crippen LogP contribution in [0.5, 0.6) is 5.75 Å². The summed E-state index contributed by atoms with van der Waals surface area (Å²) in [7, 11) is 0. The number of para-hydroxylation sites is 3. The second kappa shape index (κ2) is 9.46. The molecule has 4 aromatic rings. The monoisotopic (exact) mass is 419 g/mol. The third-order valence-electron chi connectivity index (χ3n) is 4.78. The van der Waals surface area contributed by atoms with Crippen molar-refractivity contribution in [3.63, 3.8) is 0 Å². The third-order valence-corrected chi connectivity index (χ3v) is 5.10. The molecule has 0 aliphatic rings. The molecule has 0 saturated carbocycles. The van der Waals surface area contributed by atoms with Crippen molar-refractivity contribution in [2.75, 3.05) is 6.61 Å². The van der Waals surface area contributed by atoms with E-state index in [9.17, 15) is 4.79 Å². The number of hydrogen-bond acceptors (Lipinski definition) is 3. The number of ether oxygens (including phenoxy) is 1. The second-order valence-corrected chi connectivity index (χ2v) is 7.39. The third kappa shape index (κ3) is 4.99. The molecule has 152 valence electrons. The number of imidazole rings is 1. The number of carbonyl (C=O) groups is 1. The van der Waals surface area contributed by atoms with E-state index in [1.54, 1.807) is 12.1 Å². The fourth-order valence-corrected chi connectivity index (χ4v) is 3.47. The lowest BCUT2D eigenvalue weighted by atomic mass is 10.1. The van der Waals surface area contributed by atoms with Crippen LogP contribution in [0.1, 0.15) is 17.5 Å². The Morgan fingerprint density at radius 2 is 1.80 bits per heavy atom. The zero-order chi connectivity index (χ0) is 20.8. The van der Waals surface area contributed by atoms with Crippen molar-refractivity contribution in [3.05, 3.63) is 95.3 Å². The van der Waals surface area contributed by atoms with Crippen molar-refractivity contribution in [2.45, 2.75) is 19.5 Å². The fourth-order valence-electron chi connectivity index (χ4n) is 3.28. The number of carbonyl (C=O) groups excluding carboxylic acids is 1. The maximum Gasteiger partial charge on any atom is 0.223 e. The van der Waals surface area contributed by atoms with E-state index in [4.69, 9.17) is 16.3 Å². The van der Waals surface area contributed by atoms with Crippen LogP contribution in [0, 0.1) is 0 Å². The van der Waals surface area contributed by atoms with E-state index in [1.165, 1.54) is 0 Å². The van der Waals surface area contributed by atoms with E-state index >= 15 is 0 Å². The van der Waals surface area contributed by atoms with E-state index in [2.05, 4.69) is 33.1 Å². The molecular weight excluding hydrogens is 398 g/mol. The number of amides is 1. The SMILES string of the molecule is O=C(CCOc1ccccc1Cl)NCc1cccc(Cn2cnc3ccccc32)c1. The molecule has 0 atom stereocenters. The normalized spacial score (nSPS) is 10.8. The first kappa shape index (κ1) is 20.0. The molecule has 1 heterocycles. The molecule has 0 fully saturated rings. The van der Waals surface area contributed by atoms with Crippen molar-refractivity contribution in [3.8, 4) is 5.75 Å². The van der Waals surface area contributed by atoms with Crippen molar-refractivity contribution < 1.29 is 9.53 Å². The lowest BCUT2D eigenvalue weighted by molar-refractivity contribution is -0.121. The lowest BCUT2D eigenvalue weighted by Gasteiger charge is -2.10. The van der Waals surface area contributed by atoms with E-state index in [-0.39, 0.29) is 18.9 Å². The van der Waals surface area contributed by atoms with Crippen LogP contribution in [0.2, 0.25) is 5.02 Å². The molecule has 0 aliphatic carbocycles. The van der Waals surface area contributed by atoms with Gasteiger partial charge in [0.1, 0.15) is 5.75 Å². The highest BCUT2D eigenvalue weighted by atomic mass is 35.5. The predicted molar refractivity (Wildman–Crippen MR) is 119 cm³/mol. The highest BCUT2D eigenvalue weighted by Gasteiger charge is 2.06. The Kier molecular flexibility index (Phi) is 6.30. The van der Waals surface area contributed by atoms with Crippen molar-refractivity contribution >= 4 is 28.5 Å².